The van der Waals surface area contributed by atoms with Gasteiger partial charge in [-0.3, -0.25) is 4.99 Å². The highest BCUT2D eigenvalue weighted by atomic mass is 127. The maximum atomic E-state index is 5.74. The number of aromatic nitrogens is 1. The van der Waals surface area contributed by atoms with E-state index in [0.717, 1.165) is 28.7 Å². The van der Waals surface area contributed by atoms with Gasteiger partial charge in [-0.2, -0.15) is 0 Å². The second kappa shape index (κ2) is 11.6. The SMILES string of the molecule is CCOc1cc(C)ccc1CNC(=NC)NCc1cccnc1N(C)C.I. The number of ether oxygens (including phenoxy) is 1. The summed E-state index contributed by atoms with van der Waals surface area (Å²) in [6, 6.07) is 10.3. The molecular formula is C20H30IN5O. The molecule has 27 heavy (non-hydrogen) atoms. The molecule has 0 amide bonds. The fourth-order valence-corrected chi connectivity index (χ4v) is 2.65. The Hall–Kier alpha value is -2.03. The van der Waals surface area contributed by atoms with Crippen LogP contribution in [-0.2, 0) is 13.1 Å². The monoisotopic (exact) mass is 483 g/mol. The molecule has 148 valence electrons. The molecule has 0 aliphatic carbocycles. The Bertz CT molecular complexity index is 749. The molecular weight excluding hydrogens is 453 g/mol. The van der Waals surface area contributed by atoms with Crippen LogP contribution in [0, 0.1) is 6.92 Å². The van der Waals surface area contributed by atoms with Crippen LogP contribution in [0.2, 0.25) is 0 Å². The Balaban J connectivity index is 0.00000364. The lowest BCUT2D eigenvalue weighted by atomic mass is 10.1. The predicted molar refractivity (Wildman–Crippen MR) is 123 cm³/mol. The van der Waals surface area contributed by atoms with E-state index in [1.165, 1.54) is 5.56 Å². The lowest BCUT2D eigenvalue weighted by Crippen LogP contribution is -2.36. The van der Waals surface area contributed by atoms with Gasteiger partial charge in [0.1, 0.15) is 11.6 Å². The van der Waals surface area contributed by atoms with Crippen LogP contribution < -0.4 is 20.3 Å². The largest absolute Gasteiger partial charge is 0.494 e. The number of rotatable bonds is 7. The minimum atomic E-state index is 0. The Morgan fingerprint density at radius 3 is 2.48 bits per heavy atom. The number of hydrogen-bond donors (Lipinski definition) is 2. The summed E-state index contributed by atoms with van der Waals surface area (Å²) in [6.07, 6.45) is 1.80. The van der Waals surface area contributed by atoms with E-state index in [0.29, 0.717) is 19.7 Å². The summed E-state index contributed by atoms with van der Waals surface area (Å²) >= 11 is 0. The molecule has 0 aliphatic heterocycles. The van der Waals surface area contributed by atoms with Gasteiger partial charge in [0.2, 0.25) is 0 Å². The maximum absolute atomic E-state index is 5.74. The minimum Gasteiger partial charge on any atom is -0.494 e. The maximum Gasteiger partial charge on any atom is 0.191 e. The molecule has 0 fully saturated rings. The van der Waals surface area contributed by atoms with Gasteiger partial charge in [0.25, 0.3) is 0 Å². The molecule has 1 aromatic heterocycles. The van der Waals surface area contributed by atoms with Crippen molar-refractivity contribution in [3.05, 3.63) is 53.2 Å². The van der Waals surface area contributed by atoms with Gasteiger partial charge in [-0.15, -0.1) is 24.0 Å². The summed E-state index contributed by atoms with van der Waals surface area (Å²) < 4.78 is 5.74. The summed E-state index contributed by atoms with van der Waals surface area (Å²) in [5, 5.41) is 6.69. The van der Waals surface area contributed by atoms with Crippen molar-refractivity contribution in [1.29, 1.82) is 0 Å². The van der Waals surface area contributed by atoms with Crippen molar-refractivity contribution >= 4 is 35.8 Å². The zero-order valence-electron chi connectivity index (χ0n) is 16.7. The van der Waals surface area contributed by atoms with Gasteiger partial charge >= 0.3 is 0 Å². The Morgan fingerprint density at radius 1 is 1.15 bits per heavy atom. The molecule has 0 spiro atoms. The number of pyridine rings is 1. The Labute approximate surface area is 179 Å². The smallest absolute Gasteiger partial charge is 0.191 e. The van der Waals surface area contributed by atoms with E-state index in [1.807, 2.05) is 32.0 Å². The molecule has 0 atom stereocenters. The van der Waals surface area contributed by atoms with Crippen LogP contribution in [0.15, 0.2) is 41.5 Å². The van der Waals surface area contributed by atoms with Crippen LogP contribution >= 0.6 is 24.0 Å². The number of aryl methyl sites for hydroxylation is 1. The van der Waals surface area contributed by atoms with Crippen molar-refractivity contribution in [2.24, 2.45) is 4.99 Å². The van der Waals surface area contributed by atoms with Crippen LogP contribution in [0.1, 0.15) is 23.6 Å². The summed E-state index contributed by atoms with van der Waals surface area (Å²) in [6.45, 7) is 6.00. The fraction of sp³-hybridized carbons (Fsp3) is 0.400. The Morgan fingerprint density at radius 2 is 1.85 bits per heavy atom. The number of nitrogens with zero attached hydrogens (tertiary/aromatic N) is 3. The number of benzene rings is 1. The normalized spacial score (nSPS) is 10.8. The van der Waals surface area contributed by atoms with E-state index in [-0.39, 0.29) is 24.0 Å². The zero-order chi connectivity index (χ0) is 18.9. The summed E-state index contributed by atoms with van der Waals surface area (Å²) in [5.41, 5.74) is 3.41. The first-order valence-corrected chi connectivity index (χ1v) is 8.83. The fourth-order valence-electron chi connectivity index (χ4n) is 2.65. The third kappa shape index (κ3) is 6.89. The molecule has 0 saturated carbocycles. The van der Waals surface area contributed by atoms with Gasteiger partial charge in [0.05, 0.1) is 6.61 Å². The number of guanidine groups is 1. The topological polar surface area (TPSA) is 61.8 Å². The van der Waals surface area contributed by atoms with Crippen LogP contribution in [-0.4, -0.2) is 38.7 Å². The number of aliphatic imine (C=N–C) groups is 1. The third-order valence-corrected chi connectivity index (χ3v) is 3.93. The molecule has 0 unspecified atom stereocenters. The second-order valence-corrected chi connectivity index (χ2v) is 6.20. The standard InChI is InChI=1S/C20H29N5O.HI/c1-6-26-18-12-15(2)9-10-16(18)13-23-20(21-3)24-14-17-8-7-11-22-19(17)25(4)5;/h7-12H,6,13-14H2,1-5H3,(H2,21,23,24);1H. The first-order chi connectivity index (χ1) is 12.5. The highest BCUT2D eigenvalue weighted by Crippen LogP contribution is 2.20. The molecule has 2 N–H and O–H groups in total. The van der Waals surface area contributed by atoms with E-state index >= 15 is 0 Å². The highest BCUT2D eigenvalue weighted by Gasteiger charge is 2.08. The number of nitrogens with one attached hydrogen (secondary N) is 2. The van der Waals surface area contributed by atoms with Crippen molar-refractivity contribution in [1.82, 2.24) is 15.6 Å². The van der Waals surface area contributed by atoms with Crippen molar-refractivity contribution < 1.29 is 4.74 Å². The molecule has 0 bridgehead atoms. The summed E-state index contributed by atoms with van der Waals surface area (Å²) in [4.78, 5) is 10.7. The predicted octanol–water partition coefficient (Wildman–Crippen LogP) is 3.34. The molecule has 1 heterocycles. The lowest BCUT2D eigenvalue weighted by Gasteiger charge is -2.18. The first-order valence-electron chi connectivity index (χ1n) is 8.83. The van der Waals surface area contributed by atoms with Gasteiger partial charge in [-0.25, -0.2) is 4.98 Å². The van der Waals surface area contributed by atoms with Gasteiger partial charge in [-0.1, -0.05) is 18.2 Å². The minimum absolute atomic E-state index is 0. The van der Waals surface area contributed by atoms with Crippen molar-refractivity contribution in [3.8, 4) is 5.75 Å². The first kappa shape index (κ1) is 23.0. The summed E-state index contributed by atoms with van der Waals surface area (Å²) in [5.74, 6) is 2.60. The van der Waals surface area contributed by atoms with E-state index in [2.05, 4.69) is 51.8 Å². The highest BCUT2D eigenvalue weighted by molar-refractivity contribution is 14.0. The van der Waals surface area contributed by atoms with Gasteiger partial charge in [-0.05, 0) is 31.5 Å². The summed E-state index contributed by atoms with van der Waals surface area (Å²) in [7, 11) is 5.75. The van der Waals surface area contributed by atoms with E-state index in [4.69, 9.17) is 4.74 Å². The molecule has 2 rings (SSSR count). The van der Waals surface area contributed by atoms with Gasteiger partial charge in [0, 0.05) is 51.6 Å². The Kier molecular flexibility index (Phi) is 9.92. The van der Waals surface area contributed by atoms with Crippen molar-refractivity contribution in [2.75, 3.05) is 32.6 Å². The average molecular weight is 483 g/mol. The van der Waals surface area contributed by atoms with E-state index in [1.54, 1.807) is 13.2 Å². The molecule has 0 saturated heterocycles. The van der Waals surface area contributed by atoms with Crippen LogP contribution in [0.4, 0.5) is 5.82 Å². The third-order valence-electron chi connectivity index (χ3n) is 3.93. The molecule has 0 aliphatic rings. The van der Waals surface area contributed by atoms with Crippen LogP contribution in [0.25, 0.3) is 0 Å². The van der Waals surface area contributed by atoms with Crippen molar-refractivity contribution in [3.63, 3.8) is 0 Å². The molecule has 2 aromatic rings. The molecule has 7 heteroatoms. The number of halogens is 1. The number of anilines is 1. The second-order valence-electron chi connectivity index (χ2n) is 6.20. The molecule has 0 radical (unpaired) electrons. The van der Waals surface area contributed by atoms with Crippen molar-refractivity contribution in [2.45, 2.75) is 26.9 Å². The van der Waals surface area contributed by atoms with Gasteiger partial charge in [0.15, 0.2) is 5.96 Å². The van der Waals surface area contributed by atoms with Crippen LogP contribution in [0.3, 0.4) is 0 Å². The zero-order valence-corrected chi connectivity index (χ0v) is 19.1. The van der Waals surface area contributed by atoms with Gasteiger partial charge < -0.3 is 20.3 Å². The van der Waals surface area contributed by atoms with Crippen LogP contribution in [0.5, 0.6) is 5.75 Å². The number of hydrogen-bond acceptors (Lipinski definition) is 4. The average Bonchev–Trinajstić information content (AvgIpc) is 2.63. The molecule has 6 nitrogen and oxygen atoms in total. The molecule has 1 aromatic carbocycles. The van der Waals surface area contributed by atoms with E-state index < -0.39 is 0 Å². The quantitative estimate of drug-likeness (QED) is 0.360. The lowest BCUT2D eigenvalue weighted by molar-refractivity contribution is 0.336. The van der Waals surface area contributed by atoms with E-state index in [9.17, 15) is 0 Å².